The number of nitrogens with zero attached hydrogens (tertiary/aromatic N) is 2. The number of rotatable bonds is 3. The molecule has 0 aliphatic carbocycles. The summed E-state index contributed by atoms with van der Waals surface area (Å²) in [6.07, 6.45) is 0.331. The van der Waals surface area contributed by atoms with Crippen LogP contribution in [-0.4, -0.2) is 47.2 Å². The molecular formula is C15H17ClN2O3S2. The maximum atomic E-state index is 11.9. The lowest BCUT2D eigenvalue weighted by molar-refractivity contribution is -0.117. The summed E-state index contributed by atoms with van der Waals surface area (Å²) in [6.45, 7) is 2.22. The number of thioether (sulfide) groups is 1. The van der Waals surface area contributed by atoms with E-state index in [1.54, 1.807) is 13.0 Å². The first-order valence-corrected chi connectivity index (χ1v) is 10.5. The molecule has 0 saturated carbocycles. The molecule has 0 unspecified atom stereocenters. The van der Waals surface area contributed by atoms with E-state index in [1.165, 1.54) is 11.8 Å². The number of benzene rings is 1. The van der Waals surface area contributed by atoms with Crippen molar-refractivity contribution in [2.24, 2.45) is 4.99 Å². The van der Waals surface area contributed by atoms with Gasteiger partial charge in [0.2, 0.25) is 5.91 Å². The molecule has 3 rings (SSSR count). The van der Waals surface area contributed by atoms with Crippen LogP contribution in [0.1, 0.15) is 18.9 Å². The third-order valence-electron chi connectivity index (χ3n) is 4.00. The van der Waals surface area contributed by atoms with Gasteiger partial charge >= 0.3 is 0 Å². The molecule has 1 amide bonds. The van der Waals surface area contributed by atoms with Crippen molar-refractivity contribution < 1.29 is 13.2 Å². The number of fused-ring (bicyclic) bond motifs is 1. The molecule has 23 heavy (non-hydrogen) atoms. The average molecular weight is 373 g/mol. The topological polar surface area (TPSA) is 66.8 Å². The number of hydrogen-bond acceptors (Lipinski definition) is 4. The summed E-state index contributed by atoms with van der Waals surface area (Å²) in [5.74, 6) is 0.0503. The van der Waals surface area contributed by atoms with Crippen LogP contribution in [0.25, 0.3) is 0 Å². The number of carbonyl (C=O) groups excluding carboxylic acids is 1. The first-order valence-electron chi connectivity index (χ1n) is 7.38. The minimum absolute atomic E-state index is 0.0640. The van der Waals surface area contributed by atoms with Gasteiger partial charge in [0.15, 0.2) is 15.0 Å². The molecule has 2 aliphatic heterocycles. The summed E-state index contributed by atoms with van der Waals surface area (Å²) in [5.41, 5.74) is 0.899. The highest BCUT2D eigenvalue weighted by molar-refractivity contribution is 8.15. The molecule has 2 heterocycles. The Kier molecular flexibility index (Phi) is 4.71. The fraction of sp³-hybridized carbons (Fsp3) is 0.467. The van der Waals surface area contributed by atoms with Gasteiger partial charge in [-0.1, -0.05) is 48.5 Å². The van der Waals surface area contributed by atoms with Crippen LogP contribution in [-0.2, 0) is 21.2 Å². The zero-order chi connectivity index (χ0) is 16.6. The van der Waals surface area contributed by atoms with Gasteiger partial charge in [-0.05, 0) is 11.6 Å². The Labute approximate surface area is 145 Å². The summed E-state index contributed by atoms with van der Waals surface area (Å²) < 4.78 is 23.8. The summed E-state index contributed by atoms with van der Waals surface area (Å²) >= 11 is 7.62. The smallest absolute Gasteiger partial charge is 0.247 e. The molecule has 0 bridgehead atoms. The van der Waals surface area contributed by atoms with Crippen LogP contribution in [0.5, 0.6) is 0 Å². The van der Waals surface area contributed by atoms with Crippen LogP contribution in [0.4, 0.5) is 0 Å². The van der Waals surface area contributed by atoms with Crippen LogP contribution in [0, 0.1) is 0 Å². The van der Waals surface area contributed by atoms with Crippen LogP contribution < -0.4 is 0 Å². The van der Waals surface area contributed by atoms with Crippen LogP contribution in [0.2, 0.25) is 5.02 Å². The Morgan fingerprint density at radius 3 is 2.83 bits per heavy atom. The number of halogens is 1. The van der Waals surface area contributed by atoms with E-state index in [-0.39, 0.29) is 28.7 Å². The van der Waals surface area contributed by atoms with Crippen molar-refractivity contribution in [3.8, 4) is 0 Å². The second kappa shape index (κ2) is 6.45. The van der Waals surface area contributed by atoms with Gasteiger partial charge in [-0.25, -0.2) is 8.42 Å². The molecule has 0 radical (unpaired) electrons. The minimum atomic E-state index is -3.03. The number of hydrogen-bond donors (Lipinski definition) is 0. The second-order valence-electron chi connectivity index (χ2n) is 5.66. The van der Waals surface area contributed by atoms with Crippen molar-refractivity contribution in [2.75, 3.05) is 11.5 Å². The zero-order valence-electron chi connectivity index (χ0n) is 12.6. The summed E-state index contributed by atoms with van der Waals surface area (Å²) in [7, 11) is -3.03. The van der Waals surface area contributed by atoms with Crippen molar-refractivity contribution in [1.29, 1.82) is 0 Å². The highest BCUT2D eigenvalue weighted by Gasteiger charge is 2.48. The number of aliphatic imine (C=N–C) groups is 1. The maximum Gasteiger partial charge on any atom is 0.247 e. The minimum Gasteiger partial charge on any atom is -0.342 e. The van der Waals surface area contributed by atoms with Gasteiger partial charge in [-0.3, -0.25) is 4.79 Å². The van der Waals surface area contributed by atoms with Crippen molar-refractivity contribution >= 4 is 44.3 Å². The van der Waals surface area contributed by atoms with Crippen LogP contribution in [0.3, 0.4) is 0 Å². The quantitative estimate of drug-likeness (QED) is 0.814. The van der Waals surface area contributed by atoms with E-state index in [4.69, 9.17) is 11.6 Å². The Hall–Kier alpha value is -1.05. The first kappa shape index (κ1) is 16.8. The molecule has 5 nitrogen and oxygen atoms in total. The number of amidine groups is 1. The van der Waals surface area contributed by atoms with Gasteiger partial charge in [-0.2, -0.15) is 4.99 Å². The largest absolute Gasteiger partial charge is 0.342 e. The molecule has 2 saturated heterocycles. The molecule has 0 spiro atoms. The van der Waals surface area contributed by atoms with E-state index >= 15 is 0 Å². The molecule has 0 aromatic heterocycles. The highest BCUT2D eigenvalue weighted by Crippen LogP contribution is 2.39. The standard InChI is InChI=1S/C15H17ClN2O3S2/c1-2-14(19)17-15-18(7-10-5-3-4-6-11(10)16)12-8-23(20,21)9-13(12)22-15/h3-6,12-13H,2,7-9H2,1H3/t12-,13+/m1/s1. The van der Waals surface area contributed by atoms with Crippen molar-refractivity contribution in [2.45, 2.75) is 31.2 Å². The third-order valence-corrected chi connectivity index (χ3v) is 7.61. The summed E-state index contributed by atoms with van der Waals surface area (Å²) in [5, 5.41) is 1.18. The lowest BCUT2D eigenvalue weighted by Gasteiger charge is -2.24. The summed E-state index contributed by atoms with van der Waals surface area (Å²) in [4.78, 5) is 17.8. The fourth-order valence-corrected chi connectivity index (χ4v) is 6.98. The number of sulfone groups is 1. The average Bonchev–Trinajstić information content (AvgIpc) is 2.94. The van der Waals surface area contributed by atoms with Crippen molar-refractivity contribution in [3.05, 3.63) is 34.9 Å². The predicted molar refractivity (Wildman–Crippen MR) is 93.5 cm³/mol. The van der Waals surface area contributed by atoms with Gasteiger partial charge in [0.25, 0.3) is 0 Å². The maximum absolute atomic E-state index is 11.9. The lowest BCUT2D eigenvalue weighted by Crippen LogP contribution is -2.37. The molecule has 2 fully saturated rings. The molecule has 2 atom stereocenters. The first-order chi connectivity index (χ1) is 10.9. The Morgan fingerprint density at radius 1 is 1.39 bits per heavy atom. The molecule has 0 N–H and O–H groups in total. The van der Waals surface area contributed by atoms with Gasteiger partial charge in [0, 0.05) is 23.2 Å². The van der Waals surface area contributed by atoms with Crippen LogP contribution in [0.15, 0.2) is 29.3 Å². The van der Waals surface area contributed by atoms with Gasteiger partial charge in [-0.15, -0.1) is 0 Å². The normalized spacial score (nSPS) is 27.4. The third kappa shape index (κ3) is 3.56. The predicted octanol–water partition coefficient (Wildman–Crippen LogP) is 2.35. The van der Waals surface area contributed by atoms with Gasteiger partial charge in [0.1, 0.15) is 0 Å². The van der Waals surface area contributed by atoms with Gasteiger partial charge < -0.3 is 4.90 Å². The number of carbonyl (C=O) groups is 1. The van der Waals surface area contributed by atoms with E-state index in [9.17, 15) is 13.2 Å². The Morgan fingerprint density at radius 2 is 2.13 bits per heavy atom. The monoisotopic (exact) mass is 372 g/mol. The van der Waals surface area contributed by atoms with E-state index in [0.29, 0.717) is 23.2 Å². The molecule has 1 aromatic carbocycles. The van der Waals surface area contributed by atoms with Gasteiger partial charge in [0.05, 0.1) is 17.5 Å². The van der Waals surface area contributed by atoms with E-state index in [1.807, 2.05) is 23.1 Å². The number of amides is 1. The van der Waals surface area contributed by atoms with Crippen LogP contribution >= 0.6 is 23.4 Å². The van der Waals surface area contributed by atoms with Crippen molar-refractivity contribution in [3.63, 3.8) is 0 Å². The Balaban J connectivity index is 1.92. The van der Waals surface area contributed by atoms with E-state index in [2.05, 4.69) is 4.99 Å². The molecule has 1 aromatic rings. The molecule has 2 aliphatic rings. The Bertz CT molecular complexity index is 764. The molecule has 8 heteroatoms. The second-order valence-corrected chi connectivity index (χ2v) is 9.43. The molecular weight excluding hydrogens is 356 g/mol. The van der Waals surface area contributed by atoms with E-state index < -0.39 is 9.84 Å². The van der Waals surface area contributed by atoms with E-state index in [0.717, 1.165) is 5.56 Å². The SMILES string of the molecule is CCC(=O)N=C1S[C@H]2CS(=O)(=O)C[C@H]2N1Cc1ccccc1Cl. The molecule has 124 valence electrons. The lowest BCUT2D eigenvalue weighted by atomic mass is 10.1. The van der Waals surface area contributed by atoms with Crippen molar-refractivity contribution in [1.82, 2.24) is 4.90 Å². The fourth-order valence-electron chi connectivity index (χ4n) is 2.82. The highest BCUT2D eigenvalue weighted by atomic mass is 35.5. The summed E-state index contributed by atoms with van der Waals surface area (Å²) in [6, 6.07) is 7.30. The zero-order valence-corrected chi connectivity index (χ0v) is 15.0.